The number of halogens is 1. The van der Waals surface area contributed by atoms with Crippen LogP contribution in [0.15, 0.2) is 0 Å². The van der Waals surface area contributed by atoms with E-state index in [-0.39, 0.29) is 6.10 Å². The summed E-state index contributed by atoms with van der Waals surface area (Å²) in [5.74, 6) is 0. The van der Waals surface area contributed by atoms with Crippen molar-refractivity contribution in [2.45, 2.75) is 6.10 Å². The van der Waals surface area contributed by atoms with Gasteiger partial charge in [0.1, 0.15) is 0 Å². The van der Waals surface area contributed by atoms with Gasteiger partial charge in [-0.15, -0.1) is 0 Å². The molecular formula is C3H6BrNO. The summed E-state index contributed by atoms with van der Waals surface area (Å²) in [5.41, 5.74) is 0. The van der Waals surface area contributed by atoms with Crippen molar-refractivity contribution >= 4 is 16.1 Å². The maximum Gasteiger partial charge on any atom is 0.0812 e. The van der Waals surface area contributed by atoms with Crippen LogP contribution >= 0.6 is 16.1 Å². The first-order valence-electron chi connectivity index (χ1n) is 1.88. The number of aliphatic hydroxyl groups is 1. The second-order valence-electron chi connectivity index (χ2n) is 1.48. The quantitative estimate of drug-likeness (QED) is 0.493. The van der Waals surface area contributed by atoms with Gasteiger partial charge in [-0.1, -0.05) is 0 Å². The van der Waals surface area contributed by atoms with Gasteiger partial charge < -0.3 is 5.11 Å². The lowest BCUT2D eigenvalue weighted by Crippen LogP contribution is -2.44. The highest BCUT2D eigenvalue weighted by Crippen LogP contribution is 2.10. The summed E-state index contributed by atoms with van der Waals surface area (Å²) in [6.45, 7) is 1.56. The minimum atomic E-state index is -0.0793. The Bertz CT molecular complexity index is 46.8. The molecule has 2 nitrogen and oxygen atoms in total. The third-order valence-electron chi connectivity index (χ3n) is 0.818. The minimum Gasteiger partial charge on any atom is -0.390 e. The zero-order valence-electron chi connectivity index (χ0n) is 3.26. The van der Waals surface area contributed by atoms with Crippen LogP contribution in [0.1, 0.15) is 0 Å². The summed E-state index contributed by atoms with van der Waals surface area (Å²) in [6.07, 6.45) is -0.0793. The van der Waals surface area contributed by atoms with Crippen molar-refractivity contribution in [2.24, 2.45) is 0 Å². The van der Waals surface area contributed by atoms with Gasteiger partial charge in [0.15, 0.2) is 0 Å². The second-order valence-corrected chi connectivity index (χ2v) is 2.48. The smallest absolute Gasteiger partial charge is 0.0812 e. The first kappa shape index (κ1) is 4.56. The number of β-amino-alcohol motifs (C(OH)–C–C–N with tert-alkyl or cyclic N) is 1. The van der Waals surface area contributed by atoms with Gasteiger partial charge in [-0.05, 0) is 0 Å². The van der Waals surface area contributed by atoms with Gasteiger partial charge in [-0.3, -0.25) is 0 Å². The molecule has 1 rings (SSSR count). The fourth-order valence-electron chi connectivity index (χ4n) is 0.404. The number of rotatable bonds is 0. The molecule has 1 aliphatic heterocycles. The van der Waals surface area contributed by atoms with Gasteiger partial charge in [-0.25, -0.2) is 3.93 Å². The Hall–Kier alpha value is 0.400. The summed E-state index contributed by atoms with van der Waals surface area (Å²) in [4.78, 5) is 0. The van der Waals surface area contributed by atoms with E-state index < -0.39 is 0 Å². The molecule has 0 radical (unpaired) electrons. The Kier molecular flexibility index (Phi) is 1.13. The number of aliphatic hydroxyl groups excluding tert-OH is 1. The van der Waals surface area contributed by atoms with E-state index in [4.69, 9.17) is 5.11 Å². The molecule has 0 aromatic heterocycles. The molecule has 0 saturated carbocycles. The van der Waals surface area contributed by atoms with Crippen molar-refractivity contribution in [1.29, 1.82) is 0 Å². The summed E-state index contributed by atoms with van der Waals surface area (Å²) >= 11 is 3.17. The maximum atomic E-state index is 8.55. The van der Waals surface area contributed by atoms with E-state index in [0.717, 1.165) is 13.1 Å². The Labute approximate surface area is 45.1 Å². The molecule has 0 aliphatic carbocycles. The van der Waals surface area contributed by atoms with E-state index in [9.17, 15) is 0 Å². The molecule has 0 aromatic carbocycles. The highest BCUT2D eigenvalue weighted by atomic mass is 79.9. The molecule has 1 fully saturated rings. The zero-order valence-corrected chi connectivity index (χ0v) is 4.85. The van der Waals surface area contributed by atoms with Gasteiger partial charge in [-0.2, -0.15) is 0 Å². The van der Waals surface area contributed by atoms with Crippen molar-refractivity contribution in [1.82, 2.24) is 3.93 Å². The average molecular weight is 152 g/mol. The summed E-state index contributed by atoms with van der Waals surface area (Å²) in [7, 11) is 0. The zero-order chi connectivity index (χ0) is 4.57. The molecule has 1 N–H and O–H groups in total. The van der Waals surface area contributed by atoms with E-state index >= 15 is 0 Å². The molecule has 0 bridgehead atoms. The standard InChI is InChI=1S/C3H6BrNO/c4-5-1-3(6)2-5/h3,6H,1-2H2. The fraction of sp³-hybridized carbons (Fsp3) is 1.00. The van der Waals surface area contributed by atoms with Crippen LogP contribution < -0.4 is 0 Å². The summed E-state index contributed by atoms with van der Waals surface area (Å²) in [5, 5.41) is 8.55. The van der Waals surface area contributed by atoms with E-state index in [0.29, 0.717) is 0 Å². The Morgan fingerprint density at radius 1 is 1.67 bits per heavy atom. The molecule has 0 atom stereocenters. The number of hydrogen-bond donors (Lipinski definition) is 1. The molecule has 1 heterocycles. The van der Waals surface area contributed by atoms with Crippen LogP contribution in [0.5, 0.6) is 0 Å². The van der Waals surface area contributed by atoms with Crippen molar-refractivity contribution < 1.29 is 5.11 Å². The molecule has 36 valence electrons. The summed E-state index contributed by atoms with van der Waals surface area (Å²) < 4.78 is 1.89. The van der Waals surface area contributed by atoms with Crippen LogP contribution in [0, 0.1) is 0 Å². The molecule has 0 amide bonds. The van der Waals surface area contributed by atoms with Crippen molar-refractivity contribution in [3.8, 4) is 0 Å². The van der Waals surface area contributed by atoms with Crippen LogP contribution in [0.3, 0.4) is 0 Å². The highest BCUT2D eigenvalue weighted by Gasteiger charge is 2.20. The molecule has 6 heavy (non-hydrogen) atoms. The third kappa shape index (κ3) is 0.721. The van der Waals surface area contributed by atoms with Crippen LogP contribution in [0.4, 0.5) is 0 Å². The van der Waals surface area contributed by atoms with E-state index in [1.165, 1.54) is 0 Å². The lowest BCUT2D eigenvalue weighted by atomic mass is 10.2. The maximum absolute atomic E-state index is 8.55. The number of nitrogens with zero attached hydrogens (tertiary/aromatic N) is 1. The minimum absolute atomic E-state index is 0.0793. The van der Waals surface area contributed by atoms with Gasteiger partial charge in [0, 0.05) is 29.2 Å². The topological polar surface area (TPSA) is 23.5 Å². The third-order valence-corrected chi connectivity index (χ3v) is 1.40. The van der Waals surface area contributed by atoms with Gasteiger partial charge in [0.25, 0.3) is 0 Å². The lowest BCUT2D eigenvalue weighted by Gasteiger charge is -2.29. The Morgan fingerprint density at radius 3 is 2.17 bits per heavy atom. The van der Waals surface area contributed by atoms with Crippen LogP contribution in [0.2, 0.25) is 0 Å². The van der Waals surface area contributed by atoms with Crippen LogP contribution in [-0.2, 0) is 0 Å². The molecule has 1 saturated heterocycles. The SMILES string of the molecule is OC1CN(Br)C1. The van der Waals surface area contributed by atoms with Gasteiger partial charge in [0.2, 0.25) is 0 Å². The predicted octanol–water partition coefficient (Wildman–Crippen LogP) is -0.0272. The lowest BCUT2D eigenvalue weighted by molar-refractivity contribution is 0.0661. The number of hydrogen-bond acceptors (Lipinski definition) is 2. The molecule has 1 aliphatic rings. The van der Waals surface area contributed by atoms with Crippen molar-refractivity contribution in [3.05, 3.63) is 0 Å². The normalized spacial score (nSPS) is 27.0. The van der Waals surface area contributed by atoms with Crippen LogP contribution in [0.25, 0.3) is 0 Å². The van der Waals surface area contributed by atoms with Gasteiger partial charge >= 0.3 is 0 Å². The molecule has 0 aromatic rings. The second kappa shape index (κ2) is 1.48. The molecule has 0 spiro atoms. The fourth-order valence-corrected chi connectivity index (χ4v) is 1.07. The van der Waals surface area contributed by atoms with E-state index in [1.54, 1.807) is 0 Å². The highest BCUT2D eigenvalue weighted by molar-refractivity contribution is 9.07. The van der Waals surface area contributed by atoms with E-state index in [1.807, 2.05) is 3.93 Å². The molecule has 0 unspecified atom stereocenters. The largest absolute Gasteiger partial charge is 0.390 e. The Balaban J connectivity index is 2.11. The van der Waals surface area contributed by atoms with E-state index in [2.05, 4.69) is 16.1 Å². The van der Waals surface area contributed by atoms with Crippen LogP contribution in [-0.4, -0.2) is 28.2 Å². The van der Waals surface area contributed by atoms with Crippen molar-refractivity contribution in [3.63, 3.8) is 0 Å². The first-order valence-corrected chi connectivity index (χ1v) is 2.59. The van der Waals surface area contributed by atoms with Gasteiger partial charge in [0.05, 0.1) is 6.10 Å². The first-order chi connectivity index (χ1) is 2.79. The predicted molar refractivity (Wildman–Crippen MR) is 26.5 cm³/mol. The average Bonchev–Trinajstić information content (AvgIpc) is 1.33. The molecular weight excluding hydrogens is 146 g/mol. The molecule has 3 heteroatoms. The Morgan fingerprint density at radius 2 is 2.17 bits per heavy atom. The van der Waals surface area contributed by atoms with Crippen molar-refractivity contribution in [2.75, 3.05) is 13.1 Å². The summed E-state index contributed by atoms with van der Waals surface area (Å²) in [6, 6.07) is 0. The monoisotopic (exact) mass is 151 g/mol.